The second-order valence-corrected chi connectivity index (χ2v) is 16.2. The molecule has 0 N–H and O–H groups in total. The lowest BCUT2D eigenvalue weighted by Gasteiger charge is -2.35. The highest BCUT2D eigenvalue weighted by molar-refractivity contribution is 5.85. The zero-order valence-corrected chi connectivity index (χ0v) is 41.9. The number of hydrogen-bond donors (Lipinski definition) is 0. The molecule has 0 unspecified atom stereocenters. The summed E-state index contributed by atoms with van der Waals surface area (Å²) in [5.41, 5.74) is 2.15. The first-order valence-corrected chi connectivity index (χ1v) is 23.8. The van der Waals surface area contributed by atoms with Gasteiger partial charge in [-0.05, 0) is 77.0 Å². The van der Waals surface area contributed by atoms with Gasteiger partial charge >= 0.3 is 35.8 Å². The van der Waals surface area contributed by atoms with E-state index in [2.05, 4.69) is 0 Å². The van der Waals surface area contributed by atoms with E-state index in [-0.39, 0.29) is 13.2 Å². The molecular weight excluding hydrogens is 833 g/mol. The Morgan fingerprint density at radius 3 is 0.523 bits per heavy atom. The number of rotatable bonds is 34. The lowest BCUT2D eigenvalue weighted by molar-refractivity contribution is -0.169. The van der Waals surface area contributed by atoms with Crippen LogP contribution in [0.1, 0.15) is 160 Å². The molecule has 0 bridgehead atoms. The third-order valence-corrected chi connectivity index (χ3v) is 11.3. The van der Waals surface area contributed by atoms with Gasteiger partial charge in [-0.3, -0.25) is 0 Å². The number of carbonyl (C=O) groups excluding carboxylic acids is 6. The Hall–Kier alpha value is -4.78. The summed E-state index contributed by atoms with van der Waals surface area (Å²) in [6, 6.07) is 0. The number of ether oxygens (including phenoxy) is 7. The van der Waals surface area contributed by atoms with Crippen LogP contribution in [-0.2, 0) is 61.9 Å². The van der Waals surface area contributed by atoms with Crippen LogP contribution >= 0.6 is 0 Å². The third kappa shape index (κ3) is 25.5. The Balaban J connectivity index is 7.63. The maximum atomic E-state index is 13.2. The van der Waals surface area contributed by atoms with Gasteiger partial charge in [0.1, 0.15) is 39.6 Å². The van der Waals surface area contributed by atoms with E-state index >= 15 is 0 Å². The fourth-order valence-electron chi connectivity index (χ4n) is 6.30. The summed E-state index contributed by atoms with van der Waals surface area (Å²) in [7, 11) is 0. The molecule has 0 aromatic carbocycles. The van der Waals surface area contributed by atoms with E-state index in [9.17, 15) is 28.8 Å². The van der Waals surface area contributed by atoms with Crippen LogP contribution in [0.4, 0.5) is 0 Å². The quantitative estimate of drug-likeness (QED) is 0.0340. The molecule has 0 aliphatic carbocycles. The van der Waals surface area contributed by atoms with Crippen molar-refractivity contribution < 1.29 is 61.9 Å². The van der Waals surface area contributed by atoms with Crippen molar-refractivity contribution >= 4 is 35.8 Å². The summed E-state index contributed by atoms with van der Waals surface area (Å²) in [4.78, 5) is 79.5. The largest absolute Gasteiger partial charge is 0.462 e. The molecule has 368 valence electrons. The highest BCUT2D eigenvalue weighted by atomic mass is 16.6. The van der Waals surface area contributed by atoms with Gasteiger partial charge in [-0.2, -0.15) is 0 Å². The molecule has 0 atom stereocenters. The Morgan fingerprint density at radius 2 is 0.400 bits per heavy atom. The Labute approximate surface area is 390 Å². The van der Waals surface area contributed by atoms with E-state index in [1.807, 2.05) is 83.1 Å². The highest BCUT2D eigenvalue weighted by Gasteiger charge is 2.41. The fraction of sp³-hybridized carbons (Fsp3) is 0.654. The van der Waals surface area contributed by atoms with Crippen molar-refractivity contribution in [3.8, 4) is 0 Å². The van der Waals surface area contributed by atoms with Crippen LogP contribution in [-0.4, -0.2) is 88.7 Å². The molecule has 0 amide bonds. The van der Waals surface area contributed by atoms with E-state index in [1.165, 1.54) is 36.5 Å². The minimum absolute atomic E-state index is 0.353. The second kappa shape index (κ2) is 34.6. The first kappa shape index (κ1) is 60.2. The highest BCUT2D eigenvalue weighted by Crippen LogP contribution is 2.27. The van der Waals surface area contributed by atoms with Crippen molar-refractivity contribution in [2.45, 2.75) is 160 Å². The van der Waals surface area contributed by atoms with Crippen LogP contribution in [0.25, 0.3) is 0 Å². The van der Waals surface area contributed by atoms with Gasteiger partial charge in [0.2, 0.25) is 0 Å². The zero-order chi connectivity index (χ0) is 49.3. The molecule has 65 heavy (non-hydrogen) atoms. The minimum atomic E-state index is -1.48. The Morgan fingerprint density at radius 1 is 0.262 bits per heavy atom. The molecule has 0 aliphatic rings. The molecule has 0 saturated carbocycles. The topological polar surface area (TPSA) is 167 Å². The third-order valence-electron chi connectivity index (χ3n) is 11.3. The smallest absolute Gasteiger partial charge is 0.330 e. The van der Waals surface area contributed by atoms with Crippen molar-refractivity contribution in [2.75, 3.05) is 52.9 Å². The van der Waals surface area contributed by atoms with E-state index < -0.39 is 86.3 Å². The molecule has 0 rings (SSSR count). The molecular formula is C52H82O13. The summed E-state index contributed by atoms with van der Waals surface area (Å²) >= 11 is 0. The second-order valence-electron chi connectivity index (χ2n) is 16.2. The number of esters is 6. The van der Waals surface area contributed by atoms with Crippen LogP contribution in [0.15, 0.2) is 69.9 Å². The monoisotopic (exact) mass is 915 g/mol. The summed E-state index contributed by atoms with van der Waals surface area (Å²) in [6.45, 7) is 20.0. The van der Waals surface area contributed by atoms with Crippen LogP contribution in [0, 0.1) is 10.8 Å². The number of carbonyl (C=O) groups is 6. The normalized spacial score (nSPS) is 10.9. The van der Waals surface area contributed by atoms with Gasteiger partial charge in [0.05, 0.1) is 24.0 Å². The average molecular weight is 915 g/mol. The maximum absolute atomic E-state index is 13.2. The number of allylic oxidation sites excluding steroid dienone is 6. The molecule has 13 nitrogen and oxygen atoms in total. The minimum Gasteiger partial charge on any atom is -0.462 e. The molecule has 0 aromatic rings. The Bertz CT molecular complexity index is 1350. The van der Waals surface area contributed by atoms with Gasteiger partial charge < -0.3 is 33.2 Å². The van der Waals surface area contributed by atoms with Gasteiger partial charge in [0.25, 0.3) is 0 Å². The Kier molecular flexibility index (Phi) is 32.0. The molecule has 0 radical (unpaired) electrons. The van der Waals surface area contributed by atoms with Crippen molar-refractivity contribution in [1.82, 2.24) is 0 Å². The van der Waals surface area contributed by atoms with Crippen LogP contribution in [0.5, 0.6) is 0 Å². The van der Waals surface area contributed by atoms with Crippen LogP contribution in [0.3, 0.4) is 0 Å². The molecule has 0 aromatic heterocycles. The van der Waals surface area contributed by atoms with Crippen molar-refractivity contribution in [2.24, 2.45) is 10.8 Å². The van der Waals surface area contributed by atoms with E-state index in [4.69, 9.17) is 33.2 Å². The standard InChI is InChI=1S/C52H82O13/c1-13-39(14-2)25-45(53)60-33-51(34-61-46(54)26-40(15-3)16-4,35-62-47(55)27-41(17-5)18-6)31-59-32-52(36-63-48(56)28-42(19-7)20-8,37-64-49(57)29-43(21-9)22-10)38-65-50(58)30-44(23-11)24-12/h25-30H,13-24,31-38H2,1-12H3. The predicted molar refractivity (Wildman–Crippen MR) is 253 cm³/mol. The van der Waals surface area contributed by atoms with Gasteiger partial charge in [-0.15, -0.1) is 0 Å². The summed E-state index contributed by atoms with van der Waals surface area (Å²) in [5, 5.41) is 0. The summed E-state index contributed by atoms with van der Waals surface area (Å²) in [6.07, 6.45) is 15.9. The maximum Gasteiger partial charge on any atom is 0.330 e. The van der Waals surface area contributed by atoms with E-state index in [1.54, 1.807) is 0 Å². The summed E-state index contributed by atoms with van der Waals surface area (Å²) in [5.74, 6) is -3.87. The van der Waals surface area contributed by atoms with Crippen molar-refractivity contribution in [3.05, 3.63) is 69.9 Å². The van der Waals surface area contributed by atoms with E-state index in [0.29, 0.717) is 77.0 Å². The van der Waals surface area contributed by atoms with Crippen molar-refractivity contribution in [1.29, 1.82) is 0 Å². The summed E-state index contributed by atoms with van der Waals surface area (Å²) < 4.78 is 41.3. The number of hydrogen-bond acceptors (Lipinski definition) is 13. The zero-order valence-electron chi connectivity index (χ0n) is 41.9. The molecule has 13 heteroatoms. The lowest BCUT2D eigenvalue weighted by Crippen LogP contribution is -2.47. The first-order chi connectivity index (χ1) is 31.0. The van der Waals surface area contributed by atoms with Gasteiger partial charge in [-0.1, -0.05) is 117 Å². The molecule has 0 fully saturated rings. The first-order valence-electron chi connectivity index (χ1n) is 23.8. The SMILES string of the molecule is CCC(=CC(=O)OCC(COCC(COC(=O)C=C(CC)CC)(COC(=O)C=C(CC)CC)COC(=O)C=C(CC)CC)(COC(=O)C=C(CC)CC)COC(=O)C=C(CC)CC)CC. The predicted octanol–water partition coefficient (Wildman–Crippen LogP) is 10.7. The van der Waals surface area contributed by atoms with Crippen LogP contribution in [0.2, 0.25) is 0 Å². The van der Waals surface area contributed by atoms with Crippen LogP contribution < -0.4 is 0 Å². The van der Waals surface area contributed by atoms with Gasteiger partial charge in [0, 0.05) is 36.5 Å². The average Bonchev–Trinajstić information content (AvgIpc) is 3.32. The van der Waals surface area contributed by atoms with Gasteiger partial charge in [0.15, 0.2) is 0 Å². The molecule has 0 spiro atoms. The van der Waals surface area contributed by atoms with Crippen molar-refractivity contribution in [3.63, 3.8) is 0 Å². The lowest BCUT2D eigenvalue weighted by atomic mass is 9.90. The van der Waals surface area contributed by atoms with E-state index in [0.717, 1.165) is 33.4 Å². The molecule has 0 saturated heterocycles. The fourth-order valence-corrected chi connectivity index (χ4v) is 6.30. The van der Waals surface area contributed by atoms with Gasteiger partial charge in [-0.25, -0.2) is 28.8 Å². The molecule has 0 heterocycles. The molecule has 0 aliphatic heterocycles.